The molecule has 14 heavy (non-hydrogen) atoms. The van der Waals surface area contributed by atoms with Gasteiger partial charge in [-0.2, -0.15) is 0 Å². The smallest absolute Gasteiger partial charge is 0.242 e. The van der Waals surface area contributed by atoms with Gasteiger partial charge in [0.2, 0.25) is 5.95 Å². The SMILES string of the molecule is Cc1ccc(CNc2nnnn2C)s1. The fourth-order valence-corrected chi connectivity index (χ4v) is 1.96. The maximum absolute atomic E-state index is 3.83. The lowest BCUT2D eigenvalue weighted by atomic mass is 10.4. The minimum Gasteiger partial charge on any atom is -0.348 e. The Bertz CT molecular complexity index is 419. The topological polar surface area (TPSA) is 55.6 Å². The quantitative estimate of drug-likeness (QED) is 0.825. The van der Waals surface area contributed by atoms with Crippen LogP contribution < -0.4 is 5.32 Å². The van der Waals surface area contributed by atoms with Crippen molar-refractivity contribution in [1.29, 1.82) is 0 Å². The van der Waals surface area contributed by atoms with Crippen LogP contribution in [0.1, 0.15) is 9.75 Å². The molecule has 5 nitrogen and oxygen atoms in total. The molecular weight excluding hydrogens is 198 g/mol. The molecule has 0 fully saturated rings. The first-order valence-corrected chi connectivity index (χ1v) is 5.09. The molecule has 0 amide bonds. The van der Waals surface area contributed by atoms with Crippen molar-refractivity contribution in [3.8, 4) is 0 Å². The number of thiophene rings is 1. The molecule has 74 valence electrons. The number of hydrogen-bond donors (Lipinski definition) is 1. The Balaban J connectivity index is 1.98. The molecule has 0 spiro atoms. The summed E-state index contributed by atoms with van der Waals surface area (Å²) in [5, 5.41) is 14.3. The summed E-state index contributed by atoms with van der Waals surface area (Å²) < 4.78 is 1.61. The Kier molecular flexibility index (Phi) is 2.45. The van der Waals surface area contributed by atoms with Gasteiger partial charge in [0.15, 0.2) is 0 Å². The van der Waals surface area contributed by atoms with Crippen molar-refractivity contribution in [2.75, 3.05) is 5.32 Å². The van der Waals surface area contributed by atoms with Crippen molar-refractivity contribution in [1.82, 2.24) is 20.2 Å². The molecule has 2 rings (SSSR count). The second-order valence-electron chi connectivity index (χ2n) is 2.99. The summed E-state index contributed by atoms with van der Waals surface area (Å²) in [6.07, 6.45) is 0. The number of aromatic nitrogens is 4. The Hall–Kier alpha value is -1.43. The van der Waals surface area contributed by atoms with Crippen molar-refractivity contribution >= 4 is 17.3 Å². The molecule has 0 radical (unpaired) electrons. The number of anilines is 1. The van der Waals surface area contributed by atoms with Crippen LogP contribution in [0.25, 0.3) is 0 Å². The summed E-state index contributed by atoms with van der Waals surface area (Å²) in [4.78, 5) is 2.60. The zero-order valence-electron chi connectivity index (χ0n) is 8.06. The van der Waals surface area contributed by atoms with Crippen molar-refractivity contribution < 1.29 is 0 Å². The second-order valence-corrected chi connectivity index (χ2v) is 4.36. The average Bonchev–Trinajstić information content (AvgIpc) is 2.72. The third-order valence-corrected chi connectivity index (χ3v) is 2.84. The Morgan fingerprint density at radius 2 is 2.36 bits per heavy atom. The summed E-state index contributed by atoms with van der Waals surface area (Å²) in [6.45, 7) is 2.87. The van der Waals surface area contributed by atoms with Gasteiger partial charge in [-0.15, -0.1) is 11.3 Å². The normalized spacial score (nSPS) is 10.4. The molecule has 2 aromatic rings. The van der Waals surface area contributed by atoms with Crippen LogP contribution in [0, 0.1) is 6.92 Å². The molecule has 2 heterocycles. The lowest BCUT2D eigenvalue weighted by Crippen LogP contribution is -2.04. The number of hydrogen-bond acceptors (Lipinski definition) is 5. The predicted octanol–water partition coefficient (Wildman–Crippen LogP) is 1.19. The number of rotatable bonds is 3. The van der Waals surface area contributed by atoms with Crippen LogP contribution in [-0.2, 0) is 13.6 Å². The van der Waals surface area contributed by atoms with Crippen molar-refractivity contribution in [2.45, 2.75) is 13.5 Å². The van der Waals surface area contributed by atoms with E-state index in [1.807, 2.05) is 7.05 Å². The molecule has 2 aromatic heterocycles. The molecule has 0 aliphatic rings. The Morgan fingerprint density at radius 3 is 2.93 bits per heavy atom. The molecular formula is C8H11N5S. The largest absolute Gasteiger partial charge is 0.348 e. The minimum atomic E-state index is 0.691. The van der Waals surface area contributed by atoms with Gasteiger partial charge in [-0.25, -0.2) is 4.68 Å². The van der Waals surface area contributed by atoms with Gasteiger partial charge >= 0.3 is 0 Å². The summed E-state index contributed by atoms with van der Waals surface area (Å²) in [6, 6.07) is 4.22. The maximum atomic E-state index is 3.83. The fourth-order valence-electron chi connectivity index (χ4n) is 1.13. The summed E-state index contributed by atoms with van der Waals surface area (Å²) in [7, 11) is 1.81. The number of aryl methyl sites for hydroxylation is 2. The molecule has 0 bridgehead atoms. The molecule has 6 heteroatoms. The third-order valence-electron chi connectivity index (χ3n) is 1.84. The fraction of sp³-hybridized carbons (Fsp3) is 0.375. The van der Waals surface area contributed by atoms with E-state index in [0.29, 0.717) is 5.95 Å². The Labute approximate surface area is 85.8 Å². The van der Waals surface area contributed by atoms with Crippen molar-refractivity contribution in [3.05, 3.63) is 21.9 Å². The first-order valence-electron chi connectivity index (χ1n) is 4.27. The van der Waals surface area contributed by atoms with Gasteiger partial charge in [-0.3, -0.25) is 0 Å². The third kappa shape index (κ3) is 1.90. The maximum Gasteiger partial charge on any atom is 0.242 e. The van der Waals surface area contributed by atoms with Crippen molar-refractivity contribution in [2.24, 2.45) is 7.05 Å². The second kappa shape index (κ2) is 3.75. The highest BCUT2D eigenvalue weighted by Gasteiger charge is 2.01. The van der Waals surface area contributed by atoms with Crippen LogP contribution in [0.3, 0.4) is 0 Å². The highest BCUT2D eigenvalue weighted by molar-refractivity contribution is 7.11. The highest BCUT2D eigenvalue weighted by Crippen LogP contribution is 2.15. The molecule has 0 aliphatic heterocycles. The predicted molar refractivity (Wildman–Crippen MR) is 55.2 cm³/mol. The van der Waals surface area contributed by atoms with Crippen LogP contribution in [0.4, 0.5) is 5.95 Å². The molecule has 1 N–H and O–H groups in total. The lowest BCUT2D eigenvalue weighted by molar-refractivity contribution is 0.712. The minimum absolute atomic E-state index is 0.691. The van der Waals surface area contributed by atoms with Crippen LogP contribution >= 0.6 is 11.3 Å². The van der Waals surface area contributed by atoms with Crippen LogP contribution in [-0.4, -0.2) is 20.2 Å². The number of tetrazole rings is 1. The lowest BCUT2D eigenvalue weighted by Gasteiger charge is -2.00. The molecule has 0 saturated carbocycles. The van der Waals surface area contributed by atoms with E-state index in [4.69, 9.17) is 0 Å². The zero-order valence-corrected chi connectivity index (χ0v) is 8.88. The summed E-state index contributed by atoms with van der Waals surface area (Å²) in [5.74, 6) is 0.691. The average molecular weight is 209 g/mol. The van der Waals surface area contributed by atoms with E-state index in [1.54, 1.807) is 16.0 Å². The van der Waals surface area contributed by atoms with E-state index >= 15 is 0 Å². The standard InChI is InChI=1S/C8H11N5S/c1-6-3-4-7(14-6)5-9-8-10-11-12-13(8)2/h3-4H,5H2,1-2H3,(H,9,10,12). The van der Waals surface area contributed by atoms with Crippen LogP contribution in [0.2, 0.25) is 0 Å². The van der Waals surface area contributed by atoms with Gasteiger partial charge in [-0.1, -0.05) is 5.10 Å². The van der Waals surface area contributed by atoms with E-state index in [9.17, 15) is 0 Å². The van der Waals surface area contributed by atoms with E-state index in [2.05, 4.69) is 39.9 Å². The first-order chi connectivity index (χ1) is 6.75. The van der Waals surface area contributed by atoms with Gasteiger partial charge in [0.1, 0.15) is 0 Å². The molecule has 0 unspecified atom stereocenters. The van der Waals surface area contributed by atoms with Crippen molar-refractivity contribution in [3.63, 3.8) is 0 Å². The monoisotopic (exact) mass is 209 g/mol. The van der Waals surface area contributed by atoms with E-state index in [0.717, 1.165) is 6.54 Å². The zero-order chi connectivity index (χ0) is 9.97. The highest BCUT2D eigenvalue weighted by atomic mass is 32.1. The Morgan fingerprint density at radius 1 is 1.50 bits per heavy atom. The van der Waals surface area contributed by atoms with E-state index in [1.165, 1.54) is 9.75 Å². The molecule has 0 aliphatic carbocycles. The van der Waals surface area contributed by atoms with Crippen LogP contribution in [0.15, 0.2) is 12.1 Å². The molecule has 0 saturated heterocycles. The number of nitrogens with zero attached hydrogens (tertiary/aromatic N) is 4. The van der Waals surface area contributed by atoms with Gasteiger partial charge in [0.05, 0.1) is 6.54 Å². The molecule has 0 aromatic carbocycles. The summed E-state index contributed by atoms with van der Waals surface area (Å²) >= 11 is 1.78. The summed E-state index contributed by atoms with van der Waals surface area (Å²) in [5.41, 5.74) is 0. The first kappa shape index (κ1) is 9.14. The van der Waals surface area contributed by atoms with Crippen LogP contribution in [0.5, 0.6) is 0 Å². The van der Waals surface area contributed by atoms with E-state index < -0.39 is 0 Å². The van der Waals surface area contributed by atoms with E-state index in [-0.39, 0.29) is 0 Å². The van der Waals surface area contributed by atoms with Gasteiger partial charge < -0.3 is 5.32 Å². The molecule has 0 atom stereocenters. The van der Waals surface area contributed by atoms with Gasteiger partial charge in [-0.05, 0) is 29.5 Å². The van der Waals surface area contributed by atoms with Gasteiger partial charge in [0, 0.05) is 16.8 Å². The number of nitrogens with one attached hydrogen (secondary N) is 1. The van der Waals surface area contributed by atoms with Gasteiger partial charge in [0.25, 0.3) is 0 Å².